The Balaban J connectivity index is 2.81. The van der Waals surface area contributed by atoms with E-state index in [1.807, 2.05) is 12.1 Å². The molecule has 2 aromatic rings. The quantitative estimate of drug-likeness (QED) is 0.606. The lowest BCUT2D eigenvalue weighted by Gasteiger charge is -1.82. The molecule has 0 saturated heterocycles. The summed E-state index contributed by atoms with van der Waals surface area (Å²) in [7, 11) is 0. The van der Waals surface area contributed by atoms with Crippen LogP contribution >= 0.6 is 0 Å². The molecule has 0 saturated carbocycles. The molecule has 0 bridgehead atoms. The van der Waals surface area contributed by atoms with E-state index in [-0.39, 0.29) is 0 Å². The molecule has 0 atom stereocenters. The largest absolute Gasteiger partial charge is 0.346 e. The average Bonchev–Trinajstić information content (AvgIpc) is 2.46. The first-order valence-electron chi connectivity index (χ1n) is 3.23. The molecule has 0 radical (unpaired) electrons. The summed E-state index contributed by atoms with van der Waals surface area (Å²) in [6.45, 7) is 0. The summed E-state index contributed by atoms with van der Waals surface area (Å²) in [5.41, 5.74) is 1.53. The van der Waals surface area contributed by atoms with E-state index in [1.165, 1.54) is 0 Å². The van der Waals surface area contributed by atoms with Gasteiger partial charge in [0.15, 0.2) is 0 Å². The van der Waals surface area contributed by atoms with Gasteiger partial charge in [-0.2, -0.15) is 5.26 Å². The van der Waals surface area contributed by atoms with Gasteiger partial charge in [0.05, 0.1) is 0 Å². The number of hydrogen-bond donors (Lipinski definition) is 1. The lowest BCUT2D eigenvalue weighted by molar-refractivity contribution is 1.34. The van der Waals surface area contributed by atoms with Gasteiger partial charge in [-0.3, -0.25) is 4.98 Å². The van der Waals surface area contributed by atoms with Crippen LogP contribution < -0.4 is 0 Å². The van der Waals surface area contributed by atoms with Crippen molar-refractivity contribution in [2.24, 2.45) is 0 Å². The fourth-order valence-corrected chi connectivity index (χ4v) is 1.03. The molecule has 3 heteroatoms. The molecule has 0 aromatic carbocycles. The Labute approximate surface area is 63.3 Å². The molecule has 2 heterocycles. The maximum Gasteiger partial charge on any atom is 0.118 e. The summed E-state index contributed by atoms with van der Waals surface area (Å²) in [4.78, 5) is 6.88. The Morgan fingerprint density at radius 1 is 1.55 bits per heavy atom. The van der Waals surface area contributed by atoms with E-state index >= 15 is 0 Å². The minimum absolute atomic E-state index is 0.577. The van der Waals surface area contributed by atoms with Crippen molar-refractivity contribution in [2.75, 3.05) is 0 Å². The van der Waals surface area contributed by atoms with Crippen LogP contribution in [0.1, 0.15) is 5.69 Å². The SMILES string of the molecule is N#Cc1cc2cnccc2[nH]1. The van der Waals surface area contributed by atoms with E-state index in [9.17, 15) is 0 Å². The van der Waals surface area contributed by atoms with Gasteiger partial charge < -0.3 is 4.98 Å². The lowest BCUT2D eigenvalue weighted by atomic mass is 10.3. The molecule has 2 aromatic heterocycles. The van der Waals surface area contributed by atoms with Crippen molar-refractivity contribution < 1.29 is 0 Å². The third kappa shape index (κ3) is 0.849. The van der Waals surface area contributed by atoms with Crippen molar-refractivity contribution in [3.05, 3.63) is 30.2 Å². The molecule has 0 aliphatic heterocycles. The van der Waals surface area contributed by atoms with Gasteiger partial charge in [0.1, 0.15) is 11.8 Å². The molecule has 2 rings (SSSR count). The highest BCUT2D eigenvalue weighted by Gasteiger charge is 1.96. The molecule has 0 spiro atoms. The molecule has 1 N–H and O–H groups in total. The first-order chi connectivity index (χ1) is 5.40. The third-order valence-electron chi connectivity index (χ3n) is 1.54. The highest BCUT2D eigenvalue weighted by atomic mass is 14.7. The Hall–Kier alpha value is -1.82. The van der Waals surface area contributed by atoms with Crippen molar-refractivity contribution in [3.8, 4) is 6.07 Å². The van der Waals surface area contributed by atoms with Crippen molar-refractivity contribution in [1.29, 1.82) is 5.26 Å². The van der Waals surface area contributed by atoms with E-state index < -0.39 is 0 Å². The summed E-state index contributed by atoms with van der Waals surface area (Å²) >= 11 is 0. The second kappa shape index (κ2) is 2.10. The van der Waals surface area contributed by atoms with Crippen molar-refractivity contribution >= 4 is 10.9 Å². The average molecular weight is 143 g/mol. The number of nitriles is 1. The van der Waals surface area contributed by atoms with Crippen LogP contribution in [0.4, 0.5) is 0 Å². The van der Waals surface area contributed by atoms with Gasteiger partial charge in [-0.15, -0.1) is 0 Å². The zero-order valence-corrected chi connectivity index (χ0v) is 5.70. The predicted molar refractivity (Wildman–Crippen MR) is 40.8 cm³/mol. The standard InChI is InChI=1S/C8H5N3/c9-4-7-3-6-5-10-2-1-8(6)11-7/h1-3,5,11H. The summed E-state index contributed by atoms with van der Waals surface area (Å²) in [5.74, 6) is 0. The fraction of sp³-hybridized carbons (Fsp3) is 0. The van der Waals surface area contributed by atoms with Crippen LogP contribution in [0.2, 0.25) is 0 Å². The van der Waals surface area contributed by atoms with Gasteiger partial charge in [0.25, 0.3) is 0 Å². The van der Waals surface area contributed by atoms with Gasteiger partial charge >= 0.3 is 0 Å². The number of hydrogen-bond acceptors (Lipinski definition) is 2. The van der Waals surface area contributed by atoms with Gasteiger partial charge in [-0.25, -0.2) is 0 Å². The number of aromatic nitrogens is 2. The van der Waals surface area contributed by atoms with Gasteiger partial charge in [0, 0.05) is 23.3 Å². The van der Waals surface area contributed by atoms with E-state index in [1.54, 1.807) is 18.5 Å². The zero-order valence-electron chi connectivity index (χ0n) is 5.70. The Morgan fingerprint density at radius 2 is 2.45 bits per heavy atom. The number of aromatic amines is 1. The fourth-order valence-electron chi connectivity index (χ4n) is 1.03. The molecule has 52 valence electrons. The minimum atomic E-state index is 0.577. The molecule has 0 unspecified atom stereocenters. The van der Waals surface area contributed by atoms with E-state index in [4.69, 9.17) is 5.26 Å². The summed E-state index contributed by atoms with van der Waals surface area (Å²) in [6, 6.07) is 5.66. The van der Waals surface area contributed by atoms with Crippen molar-refractivity contribution in [3.63, 3.8) is 0 Å². The number of fused-ring (bicyclic) bond motifs is 1. The van der Waals surface area contributed by atoms with Crippen LogP contribution in [0.5, 0.6) is 0 Å². The molecule has 0 amide bonds. The molecular weight excluding hydrogens is 138 g/mol. The molecule has 0 aliphatic carbocycles. The van der Waals surface area contributed by atoms with Crippen LogP contribution in [0.25, 0.3) is 10.9 Å². The normalized spacial score (nSPS) is 9.73. The van der Waals surface area contributed by atoms with Crippen LogP contribution in [0, 0.1) is 11.3 Å². The zero-order chi connectivity index (χ0) is 7.68. The number of pyridine rings is 1. The Bertz CT molecular complexity index is 389. The molecular formula is C8H5N3. The number of rotatable bonds is 0. The van der Waals surface area contributed by atoms with E-state index in [0.29, 0.717) is 5.69 Å². The molecule has 0 fully saturated rings. The van der Waals surface area contributed by atoms with Crippen LogP contribution in [-0.2, 0) is 0 Å². The number of nitrogens with zero attached hydrogens (tertiary/aromatic N) is 2. The molecule has 11 heavy (non-hydrogen) atoms. The van der Waals surface area contributed by atoms with Gasteiger partial charge in [-0.1, -0.05) is 0 Å². The Kier molecular flexibility index (Phi) is 1.13. The maximum atomic E-state index is 8.54. The highest BCUT2D eigenvalue weighted by Crippen LogP contribution is 2.11. The smallest absolute Gasteiger partial charge is 0.118 e. The second-order valence-corrected chi connectivity index (χ2v) is 2.26. The number of H-pyrrole nitrogens is 1. The van der Waals surface area contributed by atoms with Gasteiger partial charge in [0.2, 0.25) is 0 Å². The third-order valence-corrected chi connectivity index (χ3v) is 1.54. The monoisotopic (exact) mass is 143 g/mol. The van der Waals surface area contributed by atoms with Crippen LogP contribution in [0.3, 0.4) is 0 Å². The van der Waals surface area contributed by atoms with Crippen LogP contribution in [0.15, 0.2) is 24.5 Å². The summed E-state index contributed by atoms with van der Waals surface area (Å²) in [6.07, 6.45) is 3.42. The molecule has 0 aliphatic rings. The van der Waals surface area contributed by atoms with Crippen molar-refractivity contribution in [1.82, 2.24) is 9.97 Å². The number of nitrogens with one attached hydrogen (secondary N) is 1. The summed E-state index contributed by atoms with van der Waals surface area (Å²) in [5, 5.41) is 9.51. The Morgan fingerprint density at radius 3 is 3.18 bits per heavy atom. The van der Waals surface area contributed by atoms with Crippen LogP contribution in [-0.4, -0.2) is 9.97 Å². The first-order valence-corrected chi connectivity index (χ1v) is 3.23. The minimum Gasteiger partial charge on any atom is -0.346 e. The lowest BCUT2D eigenvalue weighted by Crippen LogP contribution is -1.69. The van der Waals surface area contributed by atoms with E-state index in [2.05, 4.69) is 9.97 Å². The second-order valence-electron chi connectivity index (χ2n) is 2.26. The first kappa shape index (κ1) is 5.93. The van der Waals surface area contributed by atoms with Crippen molar-refractivity contribution in [2.45, 2.75) is 0 Å². The maximum absolute atomic E-state index is 8.54. The predicted octanol–water partition coefficient (Wildman–Crippen LogP) is 1.43. The topological polar surface area (TPSA) is 52.5 Å². The summed E-state index contributed by atoms with van der Waals surface area (Å²) < 4.78 is 0. The highest BCUT2D eigenvalue weighted by molar-refractivity contribution is 5.79. The molecule has 3 nitrogen and oxygen atoms in total. The van der Waals surface area contributed by atoms with E-state index in [0.717, 1.165) is 10.9 Å². The van der Waals surface area contributed by atoms with Gasteiger partial charge in [-0.05, 0) is 12.1 Å².